The zero-order valence-electron chi connectivity index (χ0n) is 12.7. The fourth-order valence-electron chi connectivity index (χ4n) is 2.25. The Morgan fingerprint density at radius 2 is 1.61 bits per heavy atom. The van der Waals surface area contributed by atoms with Crippen LogP contribution in [0.15, 0.2) is 84.1 Å². The molecule has 0 amide bonds. The summed E-state index contributed by atoms with van der Waals surface area (Å²) in [5, 5.41) is 16.5. The third-order valence-electron chi connectivity index (χ3n) is 3.44. The lowest BCUT2D eigenvalue weighted by Crippen LogP contribution is -2.35. The first-order valence-corrected chi connectivity index (χ1v) is 7.24. The average molecular weight is 304 g/mol. The highest BCUT2D eigenvalue weighted by Gasteiger charge is 2.12. The van der Waals surface area contributed by atoms with Gasteiger partial charge in [0.2, 0.25) is 11.9 Å². The van der Waals surface area contributed by atoms with Crippen molar-refractivity contribution in [3.8, 4) is 17.0 Å². The van der Waals surface area contributed by atoms with Crippen LogP contribution in [-0.4, -0.2) is 13.0 Å². The summed E-state index contributed by atoms with van der Waals surface area (Å²) in [5.41, 5.74) is 2.35. The van der Waals surface area contributed by atoms with Gasteiger partial charge in [0.25, 0.3) is 0 Å². The molecule has 0 atom stereocenters. The van der Waals surface area contributed by atoms with Crippen LogP contribution in [-0.2, 0) is 0 Å². The topological polar surface area (TPSA) is 48.5 Å². The van der Waals surface area contributed by atoms with Gasteiger partial charge < -0.3 is 9.84 Å². The number of rotatable bonds is 4. The maximum atomic E-state index is 12.3. The Kier molecular flexibility index (Phi) is 4.34. The zero-order chi connectivity index (χ0) is 16.1. The number of aromatic nitrogens is 1. The number of hydrogen-bond acceptors (Lipinski definition) is 3. The first-order chi connectivity index (χ1) is 11.3. The molecule has 0 fully saturated rings. The van der Waals surface area contributed by atoms with E-state index < -0.39 is 0 Å². The van der Waals surface area contributed by atoms with E-state index in [0.717, 1.165) is 17.0 Å². The Hall–Kier alpha value is -3.14. The van der Waals surface area contributed by atoms with E-state index in [4.69, 9.17) is 4.74 Å². The smallest absolute Gasteiger partial charge is 0.245 e. The molecule has 1 aromatic heterocycles. The van der Waals surface area contributed by atoms with Gasteiger partial charge in [-0.3, -0.25) is 0 Å². The van der Waals surface area contributed by atoms with Crippen molar-refractivity contribution in [2.75, 3.05) is 7.11 Å². The highest BCUT2D eigenvalue weighted by atomic mass is 16.5. The van der Waals surface area contributed by atoms with Crippen LogP contribution in [0.3, 0.4) is 0 Å². The predicted molar refractivity (Wildman–Crippen MR) is 87.0 cm³/mol. The van der Waals surface area contributed by atoms with Crippen LogP contribution in [0, 0.1) is 0 Å². The maximum Gasteiger partial charge on any atom is 0.245 e. The van der Waals surface area contributed by atoms with Gasteiger partial charge in [-0.15, -0.1) is 0 Å². The number of pyridine rings is 1. The molecule has 1 heterocycles. The molecule has 0 spiro atoms. The standard InChI is InChI=1S/C19H16N2O2/c1-23-17-12-10-15(11-13-17)18-9-5-6-14-21(18)20-19(22)16-7-3-2-4-8-16/h2-14H,1H3. The molecule has 0 N–H and O–H groups in total. The largest absolute Gasteiger partial charge is 0.854 e. The molecule has 0 saturated carbocycles. The van der Waals surface area contributed by atoms with Gasteiger partial charge in [-0.1, -0.05) is 35.0 Å². The number of methoxy groups -OCH3 is 1. The van der Waals surface area contributed by atoms with Crippen molar-refractivity contribution >= 4 is 5.90 Å². The Morgan fingerprint density at radius 3 is 2.30 bits per heavy atom. The summed E-state index contributed by atoms with van der Waals surface area (Å²) in [6.07, 6.45) is 1.76. The van der Waals surface area contributed by atoms with Crippen LogP contribution in [0.5, 0.6) is 5.75 Å². The van der Waals surface area contributed by atoms with Crippen LogP contribution >= 0.6 is 0 Å². The van der Waals surface area contributed by atoms with E-state index in [0.29, 0.717) is 5.56 Å². The third-order valence-corrected chi connectivity index (χ3v) is 3.44. The second-order valence-corrected chi connectivity index (χ2v) is 4.93. The molecule has 0 aliphatic heterocycles. The molecule has 0 aliphatic rings. The highest BCUT2D eigenvalue weighted by molar-refractivity contribution is 5.89. The van der Waals surface area contributed by atoms with Crippen molar-refractivity contribution in [1.82, 2.24) is 0 Å². The van der Waals surface area contributed by atoms with Crippen molar-refractivity contribution in [1.29, 1.82) is 0 Å². The Bertz CT molecular complexity index is 812. The lowest BCUT2D eigenvalue weighted by molar-refractivity contribution is -0.670. The molecule has 3 aromatic rings. The van der Waals surface area contributed by atoms with E-state index in [2.05, 4.69) is 5.10 Å². The van der Waals surface area contributed by atoms with Crippen LogP contribution in [0.1, 0.15) is 5.56 Å². The van der Waals surface area contributed by atoms with Crippen molar-refractivity contribution in [3.63, 3.8) is 0 Å². The van der Waals surface area contributed by atoms with Gasteiger partial charge in [-0.25, -0.2) is 0 Å². The molecule has 0 saturated heterocycles. The monoisotopic (exact) mass is 304 g/mol. The summed E-state index contributed by atoms with van der Waals surface area (Å²) < 4.78 is 6.77. The lowest BCUT2D eigenvalue weighted by Gasteiger charge is -2.07. The van der Waals surface area contributed by atoms with Crippen molar-refractivity contribution in [3.05, 3.63) is 84.6 Å². The second kappa shape index (κ2) is 6.75. The maximum absolute atomic E-state index is 12.3. The lowest BCUT2D eigenvalue weighted by atomic mass is 10.1. The van der Waals surface area contributed by atoms with Crippen LogP contribution in [0.4, 0.5) is 0 Å². The normalized spacial score (nSPS) is 11.3. The zero-order valence-corrected chi connectivity index (χ0v) is 12.7. The summed E-state index contributed by atoms with van der Waals surface area (Å²) in [6, 6.07) is 22.3. The van der Waals surface area contributed by atoms with E-state index in [9.17, 15) is 5.11 Å². The van der Waals surface area contributed by atoms with Gasteiger partial charge in [-0.2, -0.15) is 0 Å². The number of ether oxygens (including phenoxy) is 1. The fraction of sp³-hybridized carbons (Fsp3) is 0.0526. The third kappa shape index (κ3) is 3.37. The second-order valence-electron chi connectivity index (χ2n) is 4.93. The molecule has 114 valence electrons. The number of hydrogen-bond donors (Lipinski definition) is 0. The van der Waals surface area contributed by atoms with E-state index in [1.807, 2.05) is 60.7 Å². The minimum absolute atomic E-state index is 0.281. The molecule has 4 heteroatoms. The minimum atomic E-state index is -0.281. The molecule has 2 aromatic carbocycles. The highest BCUT2D eigenvalue weighted by Crippen LogP contribution is 2.19. The van der Waals surface area contributed by atoms with Gasteiger partial charge in [0.05, 0.1) is 13.0 Å². The summed E-state index contributed by atoms with van der Waals surface area (Å²) in [7, 11) is 1.63. The van der Waals surface area contributed by atoms with Gasteiger partial charge in [0.1, 0.15) is 5.75 Å². The Balaban J connectivity index is 2.00. The van der Waals surface area contributed by atoms with E-state index >= 15 is 0 Å². The van der Waals surface area contributed by atoms with E-state index in [1.54, 1.807) is 30.1 Å². The van der Waals surface area contributed by atoms with Crippen LogP contribution < -0.4 is 14.5 Å². The summed E-state index contributed by atoms with van der Waals surface area (Å²) in [6.45, 7) is 0. The van der Waals surface area contributed by atoms with Crippen molar-refractivity contribution in [2.45, 2.75) is 0 Å². The van der Waals surface area contributed by atoms with Crippen LogP contribution in [0.25, 0.3) is 11.3 Å². The Morgan fingerprint density at radius 1 is 0.913 bits per heavy atom. The average Bonchev–Trinajstić information content (AvgIpc) is 2.63. The molecule has 0 radical (unpaired) electrons. The molecular weight excluding hydrogens is 288 g/mol. The fourth-order valence-corrected chi connectivity index (χ4v) is 2.25. The predicted octanol–water partition coefficient (Wildman–Crippen LogP) is 2.22. The molecule has 23 heavy (non-hydrogen) atoms. The SMILES string of the molecule is COc1ccc(-c2cccc[n+]2/N=C(\[O-])c2ccccc2)cc1. The van der Waals surface area contributed by atoms with Gasteiger partial charge in [0.15, 0.2) is 0 Å². The first kappa shape index (κ1) is 14.8. The molecular formula is C19H16N2O2. The summed E-state index contributed by atoms with van der Waals surface area (Å²) >= 11 is 0. The van der Waals surface area contributed by atoms with Crippen molar-refractivity contribution < 1.29 is 14.5 Å². The van der Waals surface area contributed by atoms with E-state index in [-0.39, 0.29) is 5.90 Å². The van der Waals surface area contributed by atoms with Gasteiger partial charge in [0, 0.05) is 17.7 Å². The molecule has 0 aliphatic carbocycles. The quantitative estimate of drug-likeness (QED) is 0.421. The van der Waals surface area contributed by atoms with Crippen LogP contribution in [0.2, 0.25) is 0 Å². The Labute approximate surface area is 134 Å². The summed E-state index contributed by atoms with van der Waals surface area (Å²) in [5.74, 6) is 0.505. The summed E-state index contributed by atoms with van der Waals surface area (Å²) in [4.78, 5) is 0. The minimum Gasteiger partial charge on any atom is -0.854 e. The first-order valence-electron chi connectivity index (χ1n) is 7.24. The van der Waals surface area contributed by atoms with E-state index in [1.165, 1.54) is 0 Å². The van der Waals surface area contributed by atoms with Gasteiger partial charge in [-0.05, 0) is 41.0 Å². The molecule has 0 unspecified atom stereocenters. The van der Waals surface area contributed by atoms with Gasteiger partial charge >= 0.3 is 0 Å². The molecule has 3 rings (SSSR count). The number of benzene rings is 2. The number of nitrogens with zero attached hydrogens (tertiary/aromatic N) is 2. The molecule has 0 bridgehead atoms. The molecule has 4 nitrogen and oxygen atoms in total. The van der Waals surface area contributed by atoms with Crippen molar-refractivity contribution in [2.24, 2.45) is 5.10 Å².